The Morgan fingerprint density at radius 1 is 1.20 bits per heavy atom. The molecule has 1 aliphatic carbocycles. The third-order valence-electron chi connectivity index (χ3n) is 4.12. The van der Waals surface area contributed by atoms with E-state index in [1.807, 2.05) is 16.7 Å². The van der Waals surface area contributed by atoms with E-state index in [-0.39, 0.29) is 0 Å². The molecule has 0 spiro atoms. The lowest BCUT2D eigenvalue weighted by atomic mass is 10.1. The Morgan fingerprint density at radius 3 is 2.85 bits per heavy atom. The first-order valence-electron chi connectivity index (χ1n) is 7.56. The topological polar surface area (TPSA) is 32.3 Å². The first kappa shape index (κ1) is 14.0. The van der Waals surface area contributed by atoms with Crippen LogP contribution in [-0.2, 0) is 17.6 Å². The van der Waals surface area contributed by atoms with Gasteiger partial charge >= 0.3 is 0 Å². The van der Waals surface area contributed by atoms with Crippen LogP contribution in [0.3, 0.4) is 0 Å². The van der Waals surface area contributed by atoms with E-state index in [2.05, 4.69) is 23.5 Å². The predicted octanol–water partition coefficient (Wildman–Crippen LogP) is 2.09. The van der Waals surface area contributed by atoms with Crippen molar-refractivity contribution in [2.45, 2.75) is 30.6 Å². The number of piperazine rings is 1. The Bertz CT molecular complexity index is 483. The van der Waals surface area contributed by atoms with Gasteiger partial charge in [-0.25, -0.2) is 0 Å². The van der Waals surface area contributed by atoms with E-state index < -0.39 is 0 Å². The van der Waals surface area contributed by atoms with Crippen molar-refractivity contribution in [3.8, 4) is 0 Å². The van der Waals surface area contributed by atoms with Gasteiger partial charge in [-0.1, -0.05) is 6.07 Å². The van der Waals surface area contributed by atoms with Gasteiger partial charge < -0.3 is 10.2 Å². The molecule has 3 nitrogen and oxygen atoms in total. The lowest BCUT2D eigenvalue weighted by Crippen LogP contribution is -2.46. The number of nitrogens with zero attached hydrogens (tertiary/aromatic N) is 1. The number of hydrogen-bond donors (Lipinski definition) is 1. The number of rotatable bonds is 4. The Labute approximate surface area is 125 Å². The fourth-order valence-electron chi connectivity index (χ4n) is 2.97. The zero-order chi connectivity index (χ0) is 13.8. The molecule has 1 aromatic carbocycles. The summed E-state index contributed by atoms with van der Waals surface area (Å²) in [6, 6.07) is 6.80. The van der Waals surface area contributed by atoms with Crippen molar-refractivity contribution in [3.63, 3.8) is 0 Å². The quantitative estimate of drug-likeness (QED) is 0.862. The van der Waals surface area contributed by atoms with Crippen LogP contribution in [0.1, 0.15) is 24.0 Å². The van der Waals surface area contributed by atoms with Gasteiger partial charge in [-0.05, 0) is 42.5 Å². The van der Waals surface area contributed by atoms with Crippen molar-refractivity contribution in [1.82, 2.24) is 10.2 Å². The van der Waals surface area contributed by atoms with Crippen molar-refractivity contribution in [3.05, 3.63) is 29.3 Å². The van der Waals surface area contributed by atoms with E-state index in [1.54, 1.807) is 0 Å². The maximum Gasteiger partial charge on any atom is 0.223 e. The molecule has 0 unspecified atom stereocenters. The number of hydrogen-bond acceptors (Lipinski definition) is 3. The highest BCUT2D eigenvalue weighted by molar-refractivity contribution is 7.99. The number of carbonyl (C=O) groups is 1. The second kappa shape index (κ2) is 6.64. The lowest BCUT2D eigenvalue weighted by molar-refractivity contribution is -0.131. The molecule has 1 aromatic rings. The fraction of sp³-hybridized carbons (Fsp3) is 0.562. The van der Waals surface area contributed by atoms with Gasteiger partial charge in [0, 0.05) is 43.2 Å². The molecule has 1 fully saturated rings. The van der Waals surface area contributed by atoms with Gasteiger partial charge in [0.05, 0.1) is 0 Å². The minimum Gasteiger partial charge on any atom is -0.340 e. The second-order valence-electron chi connectivity index (χ2n) is 5.51. The molecule has 4 heteroatoms. The van der Waals surface area contributed by atoms with E-state index in [0.29, 0.717) is 12.3 Å². The molecule has 0 bridgehead atoms. The van der Waals surface area contributed by atoms with Crippen LogP contribution in [-0.4, -0.2) is 42.7 Å². The number of amides is 1. The molecular formula is C16H22N2OS. The Kier molecular flexibility index (Phi) is 4.63. The van der Waals surface area contributed by atoms with Crippen LogP contribution >= 0.6 is 11.8 Å². The van der Waals surface area contributed by atoms with Crippen LogP contribution in [0.4, 0.5) is 0 Å². The summed E-state index contributed by atoms with van der Waals surface area (Å²) in [5.74, 6) is 1.20. The molecule has 3 rings (SSSR count). The van der Waals surface area contributed by atoms with Crippen LogP contribution in [0, 0.1) is 0 Å². The van der Waals surface area contributed by atoms with Crippen LogP contribution < -0.4 is 5.32 Å². The number of benzene rings is 1. The maximum atomic E-state index is 12.1. The van der Waals surface area contributed by atoms with E-state index >= 15 is 0 Å². The normalized spacial score (nSPS) is 18.1. The van der Waals surface area contributed by atoms with E-state index in [1.165, 1.54) is 35.3 Å². The molecule has 1 N–H and O–H groups in total. The zero-order valence-corrected chi connectivity index (χ0v) is 12.7. The number of nitrogens with one attached hydrogen (secondary N) is 1. The minimum absolute atomic E-state index is 0.306. The highest BCUT2D eigenvalue weighted by Crippen LogP contribution is 2.27. The molecular weight excluding hydrogens is 268 g/mol. The van der Waals surface area contributed by atoms with Crippen molar-refractivity contribution in [2.75, 3.05) is 31.9 Å². The van der Waals surface area contributed by atoms with Crippen molar-refractivity contribution in [2.24, 2.45) is 0 Å². The highest BCUT2D eigenvalue weighted by atomic mass is 32.2. The van der Waals surface area contributed by atoms with Gasteiger partial charge in [-0.15, -0.1) is 11.8 Å². The number of aryl methyl sites for hydroxylation is 2. The maximum absolute atomic E-state index is 12.1. The molecule has 0 radical (unpaired) electrons. The number of carbonyl (C=O) groups excluding carboxylic acids is 1. The standard InChI is InChI=1S/C16H22N2OS/c19-16(18-9-7-17-8-10-18)6-11-20-15-5-4-13-2-1-3-14(13)12-15/h4-5,12,17H,1-3,6-11H2. The molecule has 0 saturated carbocycles. The molecule has 0 atom stereocenters. The second-order valence-corrected chi connectivity index (χ2v) is 6.68. The summed E-state index contributed by atoms with van der Waals surface area (Å²) in [6.45, 7) is 3.60. The summed E-state index contributed by atoms with van der Waals surface area (Å²) >= 11 is 1.82. The largest absolute Gasteiger partial charge is 0.340 e. The average Bonchev–Trinajstić information content (AvgIpc) is 2.95. The summed E-state index contributed by atoms with van der Waals surface area (Å²) < 4.78 is 0. The SMILES string of the molecule is O=C(CCSc1ccc2c(c1)CCC2)N1CCNCC1. The number of fused-ring (bicyclic) bond motifs is 1. The molecule has 1 heterocycles. The fourth-order valence-corrected chi connectivity index (χ4v) is 3.87. The predicted molar refractivity (Wildman–Crippen MR) is 83.3 cm³/mol. The Balaban J connectivity index is 1.46. The van der Waals surface area contributed by atoms with E-state index in [9.17, 15) is 4.79 Å². The number of thioether (sulfide) groups is 1. The lowest BCUT2D eigenvalue weighted by Gasteiger charge is -2.27. The highest BCUT2D eigenvalue weighted by Gasteiger charge is 2.16. The van der Waals surface area contributed by atoms with Crippen LogP contribution in [0.5, 0.6) is 0 Å². The van der Waals surface area contributed by atoms with Crippen LogP contribution in [0.25, 0.3) is 0 Å². The summed E-state index contributed by atoms with van der Waals surface area (Å²) in [7, 11) is 0. The van der Waals surface area contributed by atoms with Crippen molar-refractivity contribution < 1.29 is 4.79 Å². The molecule has 0 aromatic heterocycles. The monoisotopic (exact) mass is 290 g/mol. The zero-order valence-electron chi connectivity index (χ0n) is 11.9. The molecule has 1 amide bonds. The van der Waals surface area contributed by atoms with Gasteiger partial charge in [0.25, 0.3) is 0 Å². The first-order valence-corrected chi connectivity index (χ1v) is 8.54. The minimum atomic E-state index is 0.306. The van der Waals surface area contributed by atoms with Crippen LogP contribution in [0.15, 0.2) is 23.1 Å². The van der Waals surface area contributed by atoms with Gasteiger partial charge in [-0.2, -0.15) is 0 Å². The van der Waals surface area contributed by atoms with Gasteiger partial charge in [0.15, 0.2) is 0 Å². The summed E-state index contributed by atoms with van der Waals surface area (Å²) in [5.41, 5.74) is 3.04. The Hall–Kier alpha value is -1.00. The van der Waals surface area contributed by atoms with Gasteiger partial charge in [-0.3, -0.25) is 4.79 Å². The van der Waals surface area contributed by atoms with Gasteiger partial charge in [0.2, 0.25) is 5.91 Å². The first-order chi connectivity index (χ1) is 9.83. The molecule has 1 aliphatic heterocycles. The molecule has 108 valence electrons. The van der Waals surface area contributed by atoms with Crippen molar-refractivity contribution in [1.29, 1.82) is 0 Å². The summed E-state index contributed by atoms with van der Waals surface area (Å²) in [5, 5.41) is 3.28. The van der Waals surface area contributed by atoms with Crippen molar-refractivity contribution >= 4 is 17.7 Å². The summed E-state index contributed by atoms with van der Waals surface area (Å²) in [4.78, 5) is 15.4. The molecule has 1 saturated heterocycles. The van der Waals surface area contributed by atoms with Crippen LogP contribution in [0.2, 0.25) is 0 Å². The Morgan fingerprint density at radius 2 is 2.00 bits per heavy atom. The van der Waals surface area contributed by atoms with E-state index in [4.69, 9.17) is 0 Å². The smallest absolute Gasteiger partial charge is 0.223 e. The third kappa shape index (κ3) is 3.36. The molecule has 2 aliphatic rings. The van der Waals surface area contributed by atoms with E-state index in [0.717, 1.165) is 31.9 Å². The van der Waals surface area contributed by atoms with Gasteiger partial charge in [0.1, 0.15) is 0 Å². The third-order valence-corrected chi connectivity index (χ3v) is 5.12. The average molecular weight is 290 g/mol. The molecule has 20 heavy (non-hydrogen) atoms. The summed E-state index contributed by atoms with van der Waals surface area (Å²) in [6.07, 6.45) is 4.41.